The molecule has 1 saturated carbocycles. The second kappa shape index (κ2) is 5.69. The summed E-state index contributed by atoms with van der Waals surface area (Å²) in [4.78, 5) is 12.3. The molecule has 26 heavy (non-hydrogen) atoms. The Hall–Kier alpha value is -2.64. The highest BCUT2D eigenvalue weighted by molar-refractivity contribution is 6.00. The van der Waals surface area contributed by atoms with Crippen LogP contribution < -0.4 is 5.43 Å². The quantitative estimate of drug-likeness (QED) is 0.750. The SMILES string of the molecule is O=C(Nn1c(O)c2c(c1O)C1CCC2CC1)c1ccc(C(F)(F)F)cc1. The molecule has 0 radical (unpaired) electrons. The van der Waals surface area contributed by atoms with E-state index in [1.165, 1.54) is 0 Å². The summed E-state index contributed by atoms with van der Waals surface area (Å²) in [5.74, 6) is -0.807. The van der Waals surface area contributed by atoms with E-state index < -0.39 is 17.6 Å². The first-order valence-electron chi connectivity index (χ1n) is 8.42. The van der Waals surface area contributed by atoms with Crippen molar-refractivity contribution in [2.75, 3.05) is 5.43 Å². The van der Waals surface area contributed by atoms with Crippen LogP contribution in [0.15, 0.2) is 24.3 Å². The number of fused-ring (bicyclic) bond motifs is 2. The van der Waals surface area contributed by atoms with Crippen LogP contribution in [0.1, 0.15) is 64.6 Å². The number of hydrogen-bond donors (Lipinski definition) is 3. The molecule has 0 saturated heterocycles. The number of carbonyl (C=O) groups excluding carboxylic acids is 1. The van der Waals surface area contributed by atoms with E-state index in [9.17, 15) is 28.2 Å². The summed E-state index contributed by atoms with van der Waals surface area (Å²) < 4.78 is 38.8. The molecule has 3 aliphatic carbocycles. The van der Waals surface area contributed by atoms with Crippen LogP contribution in [-0.4, -0.2) is 20.8 Å². The predicted molar refractivity (Wildman–Crippen MR) is 86.8 cm³/mol. The van der Waals surface area contributed by atoms with Gasteiger partial charge < -0.3 is 10.2 Å². The van der Waals surface area contributed by atoms with Crippen LogP contribution >= 0.6 is 0 Å². The van der Waals surface area contributed by atoms with E-state index in [2.05, 4.69) is 5.43 Å². The molecule has 138 valence electrons. The Balaban J connectivity index is 1.62. The van der Waals surface area contributed by atoms with E-state index >= 15 is 0 Å². The van der Waals surface area contributed by atoms with E-state index in [0.717, 1.165) is 54.6 Å². The number of aromatic nitrogens is 1. The number of nitrogens with zero attached hydrogens (tertiary/aromatic N) is 1. The van der Waals surface area contributed by atoms with Crippen molar-refractivity contribution >= 4 is 5.91 Å². The second-order valence-corrected chi connectivity index (χ2v) is 6.87. The predicted octanol–water partition coefficient (Wildman–Crippen LogP) is 4.06. The minimum atomic E-state index is -4.48. The van der Waals surface area contributed by atoms with Gasteiger partial charge in [-0.3, -0.25) is 10.2 Å². The number of amides is 1. The number of hydrogen-bond acceptors (Lipinski definition) is 3. The first-order chi connectivity index (χ1) is 12.3. The third-order valence-electron chi connectivity index (χ3n) is 5.43. The Morgan fingerprint density at radius 3 is 1.85 bits per heavy atom. The Morgan fingerprint density at radius 2 is 1.42 bits per heavy atom. The molecule has 0 spiro atoms. The molecule has 0 unspecified atom stereocenters. The molecule has 3 N–H and O–H groups in total. The lowest BCUT2D eigenvalue weighted by Gasteiger charge is -2.35. The molecule has 1 aromatic heterocycles. The maximum absolute atomic E-state index is 12.6. The summed E-state index contributed by atoms with van der Waals surface area (Å²) in [6.45, 7) is 0. The van der Waals surface area contributed by atoms with E-state index in [4.69, 9.17) is 0 Å². The van der Waals surface area contributed by atoms with Crippen molar-refractivity contribution in [3.63, 3.8) is 0 Å². The molecule has 5 rings (SSSR count). The van der Waals surface area contributed by atoms with Gasteiger partial charge in [-0.15, -0.1) is 0 Å². The summed E-state index contributed by atoms with van der Waals surface area (Å²) >= 11 is 0. The van der Waals surface area contributed by atoms with Gasteiger partial charge in [0.2, 0.25) is 11.8 Å². The molecule has 0 atom stereocenters. The zero-order chi connectivity index (χ0) is 18.6. The normalized spacial score (nSPS) is 21.5. The van der Waals surface area contributed by atoms with Gasteiger partial charge in [0.05, 0.1) is 5.56 Å². The molecular formula is C18H17F3N2O3. The van der Waals surface area contributed by atoms with Crippen molar-refractivity contribution in [2.45, 2.75) is 43.7 Å². The molecule has 1 heterocycles. The van der Waals surface area contributed by atoms with Crippen LogP contribution in [-0.2, 0) is 6.18 Å². The minimum absolute atomic E-state index is 0.00792. The van der Waals surface area contributed by atoms with Gasteiger partial charge in [-0.1, -0.05) is 0 Å². The lowest BCUT2D eigenvalue weighted by molar-refractivity contribution is -0.137. The Kier molecular flexibility index (Phi) is 3.68. The van der Waals surface area contributed by atoms with Crippen molar-refractivity contribution in [3.05, 3.63) is 46.5 Å². The average Bonchev–Trinajstić information content (AvgIpc) is 2.89. The van der Waals surface area contributed by atoms with Gasteiger partial charge in [0.25, 0.3) is 5.91 Å². The standard InChI is InChI=1S/C18H17F3N2O3/c19-18(20,21)12-7-5-11(6-8-12)15(24)22-23-16(25)13-9-1-2-10(4-3-9)14(13)17(23)26/h5-10,25-26H,1-4H2,(H,22,24). The Morgan fingerprint density at radius 1 is 0.962 bits per heavy atom. The van der Waals surface area contributed by atoms with Crippen molar-refractivity contribution < 1.29 is 28.2 Å². The van der Waals surface area contributed by atoms with Crippen LogP contribution in [0.5, 0.6) is 11.8 Å². The van der Waals surface area contributed by atoms with Crippen LogP contribution in [0, 0.1) is 0 Å². The molecule has 0 aliphatic heterocycles. The van der Waals surface area contributed by atoms with Crippen LogP contribution in [0.3, 0.4) is 0 Å². The minimum Gasteiger partial charge on any atom is -0.493 e. The van der Waals surface area contributed by atoms with E-state index in [1.807, 2.05) is 0 Å². The van der Waals surface area contributed by atoms with Crippen molar-refractivity contribution in [2.24, 2.45) is 0 Å². The van der Waals surface area contributed by atoms with Crippen LogP contribution in [0.25, 0.3) is 0 Å². The first kappa shape index (κ1) is 16.8. The second-order valence-electron chi connectivity index (χ2n) is 6.87. The van der Waals surface area contributed by atoms with Gasteiger partial charge in [-0.25, -0.2) is 0 Å². The number of aromatic hydroxyl groups is 2. The van der Waals surface area contributed by atoms with Gasteiger partial charge in [-0.05, 0) is 61.8 Å². The van der Waals surface area contributed by atoms with Gasteiger partial charge in [0.1, 0.15) is 0 Å². The first-order valence-corrected chi connectivity index (χ1v) is 8.42. The molecule has 1 aromatic carbocycles. The highest BCUT2D eigenvalue weighted by atomic mass is 19.4. The number of rotatable bonds is 2. The smallest absolute Gasteiger partial charge is 0.416 e. The van der Waals surface area contributed by atoms with Gasteiger partial charge in [0.15, 0.2) is 0 Å². The Labute approximate surface area is 147 Å². The number of halogens is 3. The fraction of sp³-hybridized carbons (Fsp3) is 0.389. The monoisotopic (exact) mass is 366 g/mol. The van der Waals surface area contributed by atoms with E-state index in [1.54, 1.807) is 0 Å². The molecule has 3 aliphatic rings. The maximum Gasteiger partial charge on any atom is 0.416 e. The molecular weight excluding hydrogens is 349 g/mol. The third kappa shape index (κ3) is 2.51. The van der Waals surface area contributed by atoms with Crippen molar-refractivity contribution in [3.8, 4) is 11.8 Å². The molecule has 2 aromatic rings. The molecule has 5 nitrogen and oxygen atoms in total. The summed E-state index contributed by atoms with van der Waals surface area (Å²) in [5.41, 5.74) is 2.87. The van der Waals surface area contributed by atoms with Gasteiger partial charge >= 0.3 is 6.18 Å². The summed E-state index contributed by atoms with van der Waals surface area (Å²) in [6, 6.07) is 3.74. The lowest BCUT2D eigenvalue weighted by atomic mass is 9.68. The maximum atomic E-state index is 12.6. The number of nitrogens with one attached hydrogen (secondary N) is 1. The van der Waals surface area contributed by atoms with Crippen molar-refractivity contribution in [1.29, 1.82) is 0 Å². The fourth-order valence-corrected chi connectivity index (χ4v) is 4.14. The van der Waals surface area contributed by atoms with E-state index in [0.29, 0.717) is 11.1 Å². The zero-order valence-corrected chi connectivity index (χ0v) is 13.7. The van der Waals surface area contributed by atoms with Gasteiger partial charge in [-0.2, -0.15) is 17.8 Å². The average molecular weight is 366 g/mol. The zero-order valence-electron chi connectivity index (χ0n) is 13.7. The largest absolute Gasteiger partial charge is 0.493 e. The molecule has 1 fully saturated rings. The highest BCUT2D eigenvalue weighted by Crippen LogP contribution is 2.56. The lowest BCUT2D eigenvalue weighted by Crippen LogP contribution is -2.22. The van der Waals surface area contributed by atoms with Gasteiger partial charge in [0, 0.05) is 16.7 Å². The summed E-state index contributed by atoms with van der Waals surface area (Å²) in [5, 5.41) is 20.9. The molecule has 1 amide bonds. The topological polar surface area (TPSA) is 74.5 Å². The molecule has 2 bridgehead atoms. The number of carbonyl (C=O) groups is 1. The van der Waals surface area contributed by atoms with Crippen molar-refractivity contribution in [1.82, 2.24) is 4.68 Å². The Bertz CT molecular complexity index is 828. The number of benzene rings is 1. The highest BCUT2D eigenvalue weighted by Gasteiger charge is 2.41. The van der Waals surface area contributed by atoms with Crippen LogP contribution in [0.4, 0.5) is 13.2 Å². The van der Waals surface area contributed by atoms with Crippen LogP contribution in [0.2, 0.25) is 0 Å². The molecule has 8 heteroatoms. The number of alkyl halides is 3. The fourth-order valence-electron chi connectivity index (χ4n) is 4.14. The summed E-state index contributed by atoms with van der Waals surface area (Å²) in [6.07, 6.45) is -0.754. The third-order valence-corrected chi connectivity index (χ3v) is 5.43. The van der Waals surface area contributed by atoms with E-state index in [-0.39, 0.29) is 29.2 Å². The summed E-state index contributed by atoms with van der Waals surface area (Å²) in [7, 11) is 0.